The summed E-state index contributed by atoms with van der Waals surface area (Å²) < 4.78 is 2.19. The van der Waals surface area contributed by atoms with E-state index in [1.54, 1.807) is 11.3 Å². The summed E-state index contributed by atoms with van der Waals surface area (Å²) in [6.07, 6.45) is 1.31. The van der Waals surface area contributed by atoms with Gasteiger partial charge < -0.3 is 0 Å². The number of hydrogen-bond acceptors (Lipinski definition) is 3. The molecule has 0 atom stereocenters. The number of benzene rings is 2. The van der Waals surface area contributed by atoms with Gasteiger partial charge >= 0.3 is 0 Å². The second-order valence-electron chi connectivity index (χ2n) is 5.88. The highest BCUT2D eigenvalue weighted by molar-refractivity contribution is 7.17. The van der Waals surface area contributed by atoms with Gasteiger partial charge in [-0.05, 0) is 30.2 Å². The van der Waals surface area contributed by atoms with Crippen LogP contribution in [0, 0.1) is 18.3 Å². The van der Waals surface area contributed by atoms with Crippen LogP contribution in [0.1, 0.15) is 23.2 Å². The Labute approximate surface area is 144 Å². The zero-order valence-electron chi connectivity index (χ0n) is 13.7. The maximum atomic E-state index is 9.32. The summed E-state index contributed by atoms with van der Waals surface area (Å²) in [6.45, 7) is 4.28. The second-order valence-corrected chi connectivity index (χ2v) is 7.06. The third-order valence-corrected chi connectivity index (χ3v) is 5.47. The number of aryl methyl sites for hydroxylation is 2. The molecule has 4 aromatic rings. The van der Waals surface area contributed by atoms with Crippen LogP contribution in [-0.4, -0.2) is 9.38 Å². The molecule has 0 aliphatic heterocycles. The number of nitrogens with zero attached hydrogens (tertiary/aromatic N) is 3. The minimum absolute atomic E-state index is 0.368. The molecule has 2 aromatic carbocycles. The van der Waals surface area contributed by atoms with Crippen LogP contribution in [0.4, 0.5) is 0 Å². The maximum Gasteiger partial charge on any atom is 0.194 e. The Hall–Kier alpha value is -2.64. The average molecular weight is 331 g/mol. The normalized spacial score (nSPS) is 11.2. The Morgan fingerprint density at radius 2 is 1.92 bits per heavy atom. The molecule has 0 N–H and O–H groups in total. The molecule has 0 saturated carbocycles. The first-order valence-corrected chi connectivity index (χ1v) is 8.90. The summed E-state index contributed by atoms with van der Waals surface area (Å²) >= 11 is 1.70. The van der Waals surface area contributed by atoms with Crippen molar-refractivity contribution in [1.82, 2.24) is 9.38 Å². The molecule has 0 aliphatic rings. The summed E-state index contributed by atoms with van der Waals surface area (Å²) in [5.74, 6) is 0. The van der Waals surface area contributed by atoms with Crippen molar-refractivity contribution in [2.45, 2.75) is 26.7 Å². The van der Waals surface area contributed by atoms with Gasteiger partial charge in [-0.1, -0.05) is 43.3 Å². The first kappa shape index (κ1) is 14.9. The molecule has 0 unspecified atom stereocenters. The molecule has 0 spiro atoms. The predicted molar refractivity (Wildman–Crippen MR) is 99.4 cm³/mol. The van der Waals surface area contributed by atoms with Crippen molar-refractivity contribution in [2.24, 2.45) is 0 Å². The number of imidazole rings is 1. The van der Waals surface area contributed by atoms with Gasteiger partial charge in [0.15, 0.2) is 4.96 Å². The van der Waals surface area contributed by atoms with Crippen LogP contribution in [-0.2, 0) is 12.8 Å². The Kier molecular flexibility index (Phi) is 3.59. The van der Waals surface area contributed by atoms with Crippen molar-refractivity contribution in [3.63, 3.8) is 0 Å². The van der Waals surface area contributed by atoms with E-state index in [9.17, 15) is 5.26 Å². The number of hydrogen-bond donors (Lipinski definition) is 0. The number of thiazole rings is 1. The first-order chi connectivity index (χ1) is 11.7. The van der Waals surface area contributed by atoms with Gasteiger partial charge in [0, 0.05) is 16.1 Å². The van der Waals surface area contributed by atoms with Gasteiger partial charge in [0.25, 0.3) is 0 Å². The monoisotopic (exact) mass is 331 g/mol. The van der Waals surface area contributed by atoms with Crippen molar-refractivity contribution in [3.05, 3.63) is 58.7 Å². The lowest BCUT2D eigenvalue weighted by Crippen LogP contribution is -1.98. The molecule has 3 nitrogen and oxygen atoms in total. The van der Waals surface area contributed by atoms with E-state index in [0.717, 1.165) is 28.3 Å². The third-order valence-electron chi connectivity index (χ3n) is 4.47. The van der Waals surface area contributed by atoms with Gasteiger partial charge in [0.05, 0.1) is 23.9 Å². The second kappa shape index (κ2) is 5.77. The van der Waals surface area contributed by atoms with E-state index in [0.29, 0.717) is 6.42 Å². The molecular formula is C20H17N3S. The van der Waals surface area contributed by atoms with Gasteiger partial charge in [-0.3, -0.25) is 4.40 Å². The van der Waals surface area contributed by atoms with Crippen LogP contribution in [0.25, 0.3) is 27.0 Å². The van der Waals surface area contributed by atoms with Crippen molar-refractivity contribution in [3.8, 4) is 17.3 Å². The lowest BCUT2D eigenvalue weighted by molar-refractivity contribution is 0.942. The summed E-state index contributed by atoms with van der Waals surface area (Å²) in [5, 5.41) is 11.7. The Bertz CT molecular complexity index is 1100. The van der Waals surface area contributed by atoms with E-state index in [-0.39, 0.29) is 0 Å². The number of nitriles is 1. The maximum absolute atomic E-state index is 9.32. The van der Waals surface area contributed by atoms with E-state index >= 15 is 0 Å². The van der Waals surface area contributed by atoms with Gasteiger partial charge in [0.1, 0.15) is 0 Å². The quantitative estimate of drug-likeness (QED) is 0.521. The molecule has 0 bridgehead atoms. The van der Waals surface area contributed by atoms with Crippen LogP contribution >= 0.6 is 11.3 Å². The molecular weight excluding hydrogens is 314 g/mol. The average Bonchev–Trinajstić information content (AvgIpc) is 3.10. The molecule has 0 aliphatic carbocycles. The fourth-order valence-electron chi connectivity index (χ4n) is 3.34. The molecule has 118 valence electrons. The smallest absolute Gasteiger partial charge is 0.194 e. The van der Waals surface area contributed by atoms with Crippen LogP contribution in [0.3, 0.4) is 0 Å². The Balaban J connectivity index is 1.99. The number of aromatic nitrogens is 2. The molecule has 4 heteroatoms. The zero-order chi connectivity index (χ0) is 16.7. The van der Waals surface area contributed by atoms with Crippen LogP contribution < -0.4 is 0 Å². The standard InChI is InChI=1S/C20H17N3S/c1-3-17-13(2)24-20-22-19(18(10-11-21)23(17)20)16-9-8-14-6-4-5-7-15(14)12-16/h4-9,12H,3,10H2,1-2H3. The third kappa shape index (κ3) is 2.21. The molecule has 4 rings (SSSR count). The Morgan fingerprint density at radius 1 is 1.12 bits per heavy atom. The summed E-state index contributed by atoms with van der Waals surface area (Å²) in [5.41, 5.74) is 4.28. The molecule has 2 aromatic heterocycles. The summed E-state index contributed by atoms with van der Waals surface area (Å²) in [7, 11) is 0. The highest BCUT2D eigenvalue weighted by Gasteiger charge is 2.19. The van der Waals surface area contributed by atoms with Crippen LogP contribution in [0.15, 0.2) is 42.5 Å². The van der Waals surface area contributed by atoms with E-state index in [4.69, 9.17) is 4.98 Å². The minimum atomic E-state index is 0.368. The Morgan fingerprint density at radius 3 is 2.67 bits per heavy atom. The topological polar surface area (TPSA) is 41.1 Å². The summed E-state index contributed by atoms with van der Waals surface area (Å²) in [4.78, 5) is 7.13. The number of rotatable bonds is 3. The van der Waals surface area contributed by atoms with Crippen LogP contribution in [0.5, 0.6) is 0 Å². The lowest BCUT2D eigenvalue weighted by atomic mass is 10.0. The van der Waals surface area contributed by atoms with Crippen molar-refractivity contribution in [1.29, 1.82) is 5.26 Å². The molecule has 0 saturated heterocycles. The van der Waals surface area contributed by atoms with Crippen LogP contribution in [0.2, 0.25) is 0 Å². The van der Waals surface area contributed by atoms with Crippen molar-refractivity contribution in [2.75, 3.05) is 0 Å². The fourth-order valence-corrected chi connectivity index (χ4v) is 4.42. The molecule has 0 amide bonds. The fraction of sp³-hybridized carbons (Fsp3) is 0.200. The minimum Gasteiger partial charge on any atom is -0.290 e. The lowest BCUT2D eigenvalue weighted by Gasteiger charge is -2.05. The van der Waals surface area contributed by atoms with Gasteiger partial charge in [-0.15, -0.1) is 11.3 Å². The van der Waals surface area contributed by atoms with E-state index in [1.807, 2.05) is 12.1 Å². The zero-order valence-corrected chi connectivity index (χ0v) is 14.5. The van der Waals surface area contributed by atoms with Gasteiger partial charge in [0.2, 0.25) is 0 Å². The van der Waals surface area contributed by atoms with Gasteiger partial charge in [-0.2, -0.15) is 5.26 Å². The van der Waals surface area contributed by atoms with E-state index < -0.39 is 0 Å². The SMILES string of the molecule is CCc1c(C)sc2nc(-c3ccc4ccccc4c3)c(CC#N)n12. The van der Waals surface area contributed by atoms with Crippen molar-refractivity contribution < 1.29 is 0 Å². The van der Waals surface area contributed by atoms with Crippen molar-refractivity contribution >= 4 is 27.1 Å². The van der Waals surface area contributed by atoms with E-state index in [2.05, 4.69) is 54.6 Å². The highest BCUT2D eigenvalue weighted by Crippen LogP contribution is 2.32. The summed E-state index contributed by atoms with van der Waals surface area (Å²) in [6, 6.07) is 17.0. The predicted octanol–water partition coefficient (Wildman–Crippen LogP) is 5.15. The largest absolute Gasteiger partial charge is 0.290 e. The molecule has 0 fully saturated rings. The first-order valence-electron chi connectivity index (χ1n) is 8.08. The van der Waals surface area contributed by atoms with Gasteiger partial charge in [-0.25, -0.2) is 4.98 Å². The molecule has 0 radical (unpaired) electrons. The molecule has 24 heavy (non-hydrogen) atoms. The molecule has 2 heterocycles. The number of fused-ring (bicyclic) bond motifs is 2. The van der Waals surface area contributed by atoms with E-state index in [1.165, 1.54) is 21.3 Å². The highest BCUT2D eigenvalue weighted by atomic mass is 32.1.